The Kier molecular flexibility index (Phi) is 8.19. The summed E-state index contributed by atoms with van der Waals surface area (Å²) in [7, 11) is -1.81. The summed E-state index contributed by atoms with van der Waals surface area (Å²) in [6.45, 7) is 0. The molecule has 9 aromatic rings. The smallest absolute Gasteiger partial charge is 0.227 e. The molecule has 0 N–H and O–H groups in total. The molecule has 0 aliphatic carbocycles. The maximum atomic E-state index is 6.02. The van der Waals surface area contributed by atoms with Crippen LogP contribution in [-0.4, -0.2) is 19.9 Å². The number of fused-ring (bicyclic) bond motifs is 1. The van der Waals surface area contributed by atoms with Gasteiger partial charge in [-0.05, 0) is 72.8 Å². The van der Waals surface area contributed by atoms with Crippen LogP contribution in [0.4, 0.5) is 0 Å². The van der Waals surface area contributed by atoms with Crippen LogP contribution in [-0.2, 0) is 0 Å². The zero-order chi connectivity index (χ0) is 34.7. The van der Waals surface area contributed by atoms with Crippen LogP contribution >= 0.6 is 10.0 Å². The lowest BCUT2D eigenvalue weighted by atomic mass is 10.1. The minimum Gasteiger partial charge on any atom is -0.436 e. The van der Waals surface area contributed by atoms with Crippen LogP contribution in [0.3, 0.4) is 0 Å². The third-order valence-corrected chi connectivity index (χ3v) is 13.0. The first-order valence-corrected chi connectivity index (χ1v) is 18.8. The van der Waals surface area contributed by atoms with Crippen LogP contribution in [0, 0.1) is 0 Å². The Morgan fingerprint density at radius 2 is 0.673 bits per heavy atom. The Balaban J connectivity index is 1.15. The highest BCUT2D eigenvalue weighted by molar-refractivity contribution is 8.34. The van der Waals surface area contributed by atoms with Gasteiger partial charge in [-0.3, -0.25) is 0 Å². The van der Waals surface area contributed by atoms with Crippen molar-refractivity contribution in [1.29, 1.82) is 0 Å². The van der Waals surface area contributed by atoms with E-state index in [2.05, 4.69) is 120 Å². The molecule has 2 aromatic heterocycles. The molecular weight excluding hydrogens is 657 g/mol. The standard InChI is InChI=1S/C46H32N4OS/c1-5-15-33(16-6-1)43-48-44(34-25-27-36(28-26-34)46-47-41-23-13-14-24-42(41)51-46)50-45(49-43)35-29-31-40(32-30-35)52(37-17-7-2-8-18-37,38-19-9-3-10-20-38)39-21-11-4-12-22-39/h1-32H. The maximum Gasteiger partial charge on any atom is 0.227 e. The molecule has 0 saturated heterocycles. The minimum absolute atomic E-state index is 0.578. The number of oxazole rings is 1. The van der Waals surface area contributed by atoms with Gasteiger partial charge in [-0.2, -0.15) is 0 Å². The molecule has 0 amide bonds. The van der Waals surface area contributed by atoms with Crippen molar-refractivity contribution in [3.8, 4) is 45.6 Å². The van der Waals surface area contributed by atoms with Crippen molar-refractivity contribution in [2.45, 2.75) is 19.6 Å². The summed E-state index contributed by atoms with van der Waals surface area (Å²) < 4.78 is 6.02. The van der Waals surface area contributed by atoms with Gasteiger partial charge in [0.2, 0.25) is 5.89 Å². The number of para-hydroxylation sites is 2. The van der Waals surface area contributed by atoms with Crippen molar-refractivity contribution < 1.29 is 4.42 Å². The Bertz CT molecular complexity index is 2460. The number of nitrogens with zero attached hydrogens (tertiary/aromatic N) is 4. The van der Waals surface area contributed by atoms with E-state index in [0.717, 1.165) is 33.4 Å². The lowest BCUT2D eigenvalue weighted by molar-refractivity contribution is 0.620. The monoisotopic (exact) mass is 688 g/mol. The molecule has 0 aliphatic heterocycles. The SMILES string of the molecule is c1ccc(-c2nc(-c3ccc(-c4nc5ccccc5o4)cc3)nc(-c3ccc(S(c4ccccc4)(c4ccccc4)c4ccccc4)cc3)n2)cc1. The van der Waals surface area contributed by atoms with Gasteiger partial charge in [0.05, 0.1) is 0 Å². The molecule has 0 radical (unpaired) electrons. The van der Waals surface area contributed by atoms with Gasteiger partial charge < -0.3 is 4.42 Å². The van der Waals surface area contributed by atoms with Crippen molar-refractivity contribution in [3.05, 3.63) is 194 Å². The first-order chi connectivity index (χ1) is 25.8. The van der Waals surface area contributed by atoms with Gasteiger partial charge in [-0.25, -0.2) is 19.9 Å². The van der Waals surface area contributed by atoms with Gasteiger partial charge in [0.1, 0.15) is 5.52 Å². The normalized spacial score (nSPS) is 11.8. The van der Waals surface area contributed by atoms with E-state index in [-0.39, 0.29) is 0 Å². The lowest BCUT2D eigenvalue weighted by Gasteiger charge is -2.42. The maximum absolute atomic E-state index is 6.02. The summed E-state index contributed by atoms with van der Waals surface area (Å²) in [6, 6.07) is 67.2. The van der Waals surface area contributed by atoms with Crippen LogP contribution in [0.1, 0.15) is 0 Å². The summed E-state index contributed by atoms with van der Waals surface area (Å²) in [5, 5.41) is 0. The molecule has 0 spiro atoms. The fraction of sp³-hybridized carbons (Fsp3) is 0. The fourth-order valence-electron chi connectivity index (χ4n) is 6.61. The predicted octanol–water partition coefficient (Wildman–Crippen LogP) is 12.0. The highest BCUT2D eigenvalue weighted by Gasteiger charge is 2.33. The van der Waals surface area contributed by atoms with Crippen LogP contribution < -0.4 is 0 Å². The van der Waals surface area contributed by atoms with Gasteiger partial charge in [-0.1, -0.05) is 121 Å². The molecule has 0 aliphatic rings. The van der Waals surface area contributed by atoms with Crippen molar-refractivity contribution in [2.24, 2.45) is 0 Å². The Morgan fingerprint density at radius 1 is 0.308 bits per heavy atom. The van der Waals surface area contributed by atoms with Crippen LogP contribution in [0.25, 0.3) is 56.7 Å². The van der Waals surface area contributed by atoms with Crippen LogP contribution in [0.2, 0.25) is 0 Å². The second-order valence-corrected chi connectivity index (χ2v) is 15.4. The lowest BCUT2D eigenvalue weighted by Crippen LogP contribution is -2.05. The molecule has 7 aromatic carbocycles. The van der Waals surface area contributed by atoms with Gasteiger partial charge in [0.25, 0.3) is 0 Å². The number of hydrogen-bond donors (Lipinski definition) is 0. The highest BCUT2D eigenvalue weighted by Crippen LogP contribution is 2.73. The van der Waals surface area contributed by atoms with Gasteiger partial charge in [-0.15, -0.1) is 10.0 Å². The van der Waals surface area contributed by atoms with E-state index in [0.29, 0.717) is 23.4 Å². The number of rotatable bonds is 8. The van der Waals surface area contributed by atoms with Gasteiger partial charge in [0.15, 0.2) is 23.1 Å². The largest absolute Gasteiger partial charge is 0.436 e. The zero-order valence-electron chi connectivity index (χ0n) is 28.1. The quantitative estimate of drug-likeness (QED) is 0.159. The molecular formula is C46H32N4OS. The van der Waals surface area contributed by atoms with E-state index < -0.39 is 10.0 Å². The predicted molar refractivity (Wildman–Crippen MR) is 209 cm³/mol. The molecule has 0 atom stereocenters. The summed E-state index contributed by atoms with van der Waals surface area (Å²) in [6.07, 6.45) is 0. The summed E-state index contributed by atoms with van der Waals surface area (Å²) in [5.41, 5.74) is 5.19. The fourth-order valence-corrected chi connectivity index (χ4v) is 10.5. The highest BCUT2D eigenvalue weighted by atomic mass is 32.3. The average molecular weight is 689 g/mol. The average Bonchev–Trinajstić information content (AvgIpc) is 3.68. The molecule has 9 rings (SSSR count). The molecule has 0 unspecified atom stereocenters. The van der Waals surface area contributed by atoms with Crippen molar-refractivity contribution in [3.63, 3.8) is 0 Å². The number of benzene rings is 7. The first-order valence-electron chi connectivity index (χ1n) is 17.1. The van der Waals surface area contributed by atoms with Gasteiger partial charge in [0, 0.05) is 41.8 Å². The van der Waals surface area contributed by atoms with E-state index in [1.54, 1.807) is 0 Å². The second-order valence-electron chi connectivity index (χ2n) is 12.3. The zero-order valence-corrected chi connectivity index (χ0v) is 28.9. The van der Waals surface area contributed by atoms with Crippen LogP contribution in [0.15, 0.2) is 218 Å². The van der Waals surface area contributed by atoms with E-state index >= 15 is 0 Å². The van der Waals surface area contributed by atoms with E-state index in [9.17, 15) is 0 Å². The number of aromatic nitrogens is 4. The van der Waals surface area contributed by atoms with E-state index in [1.165, 1.54) is 19.6 Å². The van der Waals surface area contributed by atoms with E-state index in [1.807, 2.05) is 78.9 Å². The molecule has 2 heterocycles. The molecule has 0 bridgehead atoms. The topological polar surface area (TPSA) is 64.7 Å². The molecule has 0 saturated carbocycles. The third kappa shape index (κ3) is 5.75. The Morgan fingerprint density at radius 3 is 1.15 bits per heavy atom. The molecule has 5 nitrogen and oxygen atoms in total. The summed E-state index contributed by atoms with van der Waals surface area (Å²) >= 11 is 0. The second kappa shape index (κ2) is 13.6. The first kappa shape index (κ1) is 31.4. The van der Waals surface area contributed by atoms with E-state index in [4.69, 9.17) is 19.4 Å². The molecule has 52 heavy (non-hydrogen) atoms. The summed E-state index contributed by atoms with van der Waals surface area (Å²) in [5.74, 6) is 2.40. The minimum atomic E-state index is -1.81. The van der Waals surface area contributed by atoms with Crippen molar-refractivity contribution in [1.82, 2.24) is 19.9 Å². The molecule has 6 heteroatoms. The molecule has 248 valence electrons. The van der Waals surface area contributed by atoms with Crippen molar-refractivity contribution in [2.75, 3.05) is 0 Å². The molecule has 0 fully saturated rings. The van der Waals surface area contributed by atoms with Crippen molar-refractivity contribution >= 4 is 21.1 Å². The number of hydrogen-bond acceptors (Lipinski definition) is 5. The third-order valence-electron chi connectivity index (χ3n) is 9.11. The van der Waals surface area contributed by atoms with Crippen LogP contribution in [0.5, 0.6) is 0 Å². The Hall–Kier alpha value is -6.63. The Labute approximate surface area is 303 Å². The van der Waals surface area contributed by atoms with Gasteiger partial charge >= 0.3 is 0 Å². The summed E-state index contributed by atoms with van der Waals surface area (Å²) in [4.78, 5) is 24.7.